The minimum Gasteiger partial charge on any atom is -0.339 e. The van der Waals surface area contributed by atoms with Crippen LogP contribution in [0, 0.1) is 11.3 Å². The van der Waals surface area contributed by atoms with Gasteiger partial charge in [0.1, 0.15) is 0 Å². The van der Waals surface area contributed by atoms with Gasteiger partial charge < -0.3 is 9.47 Å². The van der Waals surface area contributed by atoms with Crippen molar-refractivity contribution < 1.29 is 9.59 Å². The van der Waals surface area contributed by atoms with Gasteiger partial charge in [-0.25, -0.2) is 4.98 Å². The third-order valence-corrected chi connectivity index (χ3v) is 8.64. The Hall–Kier alpha value is -3.72. The molecule has 0 atom stereocenters. The van der Waals surface area contributed by atoms with E-state index in [0.717, 1.165) is 60.4 Å². The number of anilines is 1. The molecule has 0 unspecified atom stereocenters. The fourth-order valence-corrected chi connectivity index (χ4v) is 6.70. The first-order valence-electron chi connectivity index (χ1n) is 12.2. The zero-order valence-corrected chi connectivity index (χ0v) is 21.0. The molecule has 2 aliphatic rings. The van der Waals surface area contributed by atoms with E-state index in [9.17, 15) is 9.59 Å². The van der Waals surface area contributed by atoms with Crippen LogP contribution in [0.4, 0.5) is 5.95 Å². The number of carbonyl (C=O) groups is 2. The van der Waals surface area contributed by atoms with Gasteiger partial charge in [-0.2, -0.15) is 5.10 Å². The quantitative estimate of drug-likeness (QED) is 0.393. The third kappa shape index (κ3) is 4.03. The van der Waals surface area contributed by atoms with Crippen LogP contribution in [0.3, 0.4) is 0 Å². The summed E-state index contributed by atoms with van der Waals surface area (Å²) in [4.78, 5) is 33.5. The van der Waals surface area contributed by atoms with Crippen LogP contribution in [0.25, 0.3) is 21.5 Å². The number of carbonyl (C=O) groups excluding carboxylic acids is 2. The molecule has 6 rings (SSSR count). The number of amides is 2. The second kappa shape index (κ2) is 8.74. The lowest BCUT2D eigenvalue weighted by atomic mass is 9.61. The average Bonchev–Trinajstić information content (AvgIpc) is 3.64. The molecule has 1 aliphatic heterocycles. The van der Waals surface area contributed by atoms with Gasteiger partial charge in [0.2, 0.25) is 11.9 Å². The van der Waals surface area contributed by atoms with Gasteiger partial charge in [-0.05, 0) is 60.9 Å². The van der Waals surface area contributed by atoms with Crippen LogP contribution in [-0.4, -0.2) is 49.1 Å². The number of imidazole rings is 1. The molecule has 1 saturated carbocycles. The predicted octanol–water partition coefficient (Wildman–Crippen LogP) is 4.57. The lowest BCUT2D eigenvalue weighted by Gasteiger charge is -2.45. The molecule has 1 N–H and O–H groups in total. The van der Waals surface area contributed by atoms with Gasteiger partial charge in [-0.3, -0.25) is 19.6 Å². The number of thiophene rings is 1. The highest BCUT2D eigenvalue weighted by Crippen LogP contribution is 2.52. The zero-order chi connectivity index (χ0) is 24.9. The van der Waals surface area contributed by atoms with Crippen molar-refractivity contribution in [3.05, 3.63) is 66.3 Å². The van der Waals surface area contributed by atoms with Crippen LogP contribution in [0.1, 0.15) is 28.9 Å². The maximum atomic E-state index is 13.2. The SMILES string of the molecule is C=CC(=O)N1CCC2(CC(Cn3c(NC(=O)c4ccc(-c5cnn(C)c5)s4)nc4ccccc43)C2)C1. The van der Waals surface area contributed by atoms with Gasteiger partial charge in [0.25, 0.3) is 5.91 Å². The zero-order valence-electron chi connectivity index (χ0n) is 20.2. The highest BCUT2D eigenvalue weighted by atomic mass is 32.1. The number of para-hydroxylation sites is 2. The van der Waals surface area contributed by atoms with E-state index in [2.05, 4.69) is 27.6 Å². The summed E-state index contributed by atoms with van der Waals surface area (Å²) in [6, 6.07) is 11.8. The van der Waals surface area contributed by atoms with Crippen LogP contribution in [0.2, 0.25) is 0 Å². The van der Waals surface area contributed by atoms with Gasteiger partial charge in [0.15, 0.2) is 0 Å². The van der Waals surface area contributed by atoms with Crippen LogP contribution in [-0.2, 0) is 18.4 Å². The summed E-state index contributed by atoms with van der Waals surface area (Å²) < 4.78 is 3.89. The molecule has 4 aromatic rings. The van der Waals surface area contributed by atoms with Crippen molar-refractivity contribution >= 4 is 40.1 Å². The van der Waals surface area contributed by atoms with E-state index in [0.29, 0.717) is 16.7 Å². The van der Waals surface area contributed by atoms with Crippen LogP contribution in [0.5, 0.6) is 0 Å². The molecule has 0 bridgehead atoms. The predicted molar refractivity (Wildman–Crippen MR) is 141 cm³/mol. The normalized spacial score (nSPS) is 21.1. The van der Waals surface area contributed by atoms with Crippen molar-refractivity contribution in [2.45, 2.75) is 25.8 Å². The fraction of sp³-hybridized carbons (Fsp3) is 0.333. The summed E-state index contributed by atoms with van der Waals surface area (Å²) >= 11 is 1.44. The minimum absolute atomic E-state index is 0.0289. The van der Waals surface area contributed by atoms with Crippen molar-refractivity contribution in [1.82, 2.24) is 24.2 Å². The molecule has 9 heteroatoms. The molecule has 184 valence electrons. The Labute approximate surface area is 213 Å². The smallest absolute Gasteiger partial charge is 0.268 e. The Morgan fingerprint density at radius 1 is 1.25 bits per heavy atom. The first-order valence-corrected chi connectivity index (χ1v) is 13.0. The summed E-state index contributed by atoms with van der Waals surface area (Å²) in [5.41, 5.74) is 3.11. The van der Waals surface area contributed by atoms with Crippen molar-refractivity contribution in [2.24, 2.45) is 18.4 Å². The molecular weight excluding hydrogens is 472 g/mol. The number of rotatable bonds is 6. The van der Waals surface area contributed by atoms with E-state index in [4.69, 9.17) is 4.98 Å². The van der Waals surface area contributed by atoms with Crippen molar-refractivity contribution in [3.8, 4) is 10.4 Å². The summed E-state index contributed by atoms with van der Waals surface area (Å²) in [5, 5.41) is 7.29. The summed E-state index contributed by atoms with van der Waals surface area (Å²) in [7, 11) is 1.88. The molecule has 3 aromatic heterocycles. The van der Waals surface area contributed by atoms with E-state index in [-0.39, 0.29) is 17.2 Å². The molecule has 8 nitrogen and oxygen atoms in total. The monoisotopic (exact) mass is 500 g/mol. The lowest BCUT2D eigenvalue weighted by Crippen LogP contribution is -2.42. The van der Waals surface area contributed by atoms with Gasteiger partial charge in [-0.1, -0.05) is 18.7 Å². The molecule has 1 aliphatic carbocycles. The van der Waals surface area contributed by atoms with E-state index in [1.807, 2.05) is 48.5 Å². The standard InChI is InChI=1S/C27H28N6O2S/c1-3-24(34)32-11-10-27(17-32)12-18(13-27)15-33-21-7-5-4-6-20(21)29-26(33)30-25(35)23-9-8-22(36-23)19-14-28-31(2)16-19/h3-9,14,16,18H,1,10-13,15,17H2,2H3,(H,29,30,35). The van der Waals surface area contributed by atoms with E-state index in [1.54, 1.807) is 10.9 Å². The number of aryl methyl sites for hydroxylation is 1. The van der Waals surface area contributed by atoms with Crippen molar-refractivity contribution in [3.63, 3.8) is 0 Å². The largest absolute Gasteiger partial charge is 0.339 e. The van der Waals surface area contributed by atoms with Gasteiger partial charge >= 0.3 is 0 Å². The summed E-state index contributed by atoms with van der Waals surface area (Å²) in [6.07, 6.45) is 8.36. The first-order chi connectivity index (χ1) is 17.4. The number of nitrogens with one attached hydrogen (secondary N) is 1. The highest BCUT2D eigenvalue weighted by Gasteiger charge is 2.49. The molecule has 0 radical (unpaired) electrons. The number of likely N-dealkylation sites (tertiary alicyclic amines) is 1. The highest BCUT2D eigenvalue weighted by molar-refractivity contribution is 7.17. The summed E-state index contributed by atoms with van der Waals surface area (Å²) in [5.74, 6) is 0.927. The summed E-state index contributed by atoms with van der Waals surface area (Å²) in [6.45, 7) is 6.05. The Bertz CT molecular complexity index is 1470. The second-order valence-corrected chi connectivity index (χ2v) is 11.1. The molecule has 2 fully saturated rings. The second-order valence-electron chi connectivity index (χ2n) is 10.0. The Balaban J connectivity index is 1.19. The maximum absolute atomic E-state index is 13.2. The number of fused-ring (bicyclic) bond motifs is 1. The number of aromatic nitrogens is 4. The van der Waals surface area contributed by atoms with E-state index < -0.39 is 0 Å². The van der Waals surface area contributed by atoms with Gasteiger partial charge in [-0.15, -0.1) is 11.3 Å². The number of hydrogen-bond acceptors (Lipinski definition) is 5. The Kier molecular flexibility index (Phi) is 5.52. The minimum atomic E-state index is -0.161. The molecule has 4 heterocycles. The number of hydrogen-bond donors (Lipinski definition) is 1. The van der Waals surface area contributed by atoms with Crippen molar-refractivity contribution in [1.29, 1.82) is 0 Å². The van der Waals surface area contributed by atoms with Crippen LogP contribution in [0.15, 0.2) is 61.4 Å². The molecule has 1 spiro atoms. The van der Waals surface area contributed by atoms with Gasteiger partial charge in [0, 0.05) is 43.3 Å². The van der Waals surface area contributed by atoms with Crippen LogP contribution >= 0.6 is 11.3 Å². The number of nitrogens with zero attached hydrogens (tertiary/aromatic N) is 5. The van der Waals surface area contributed by atoms with E-state index >= 15 is 0 Å². The Morgan fingerprint density at radius 3 is 2.86 bits per heavy atom. The Morgan fingerprint density at radius 2 is 2.08 bits per heavy atom. The number of benzene rings is 1. The van der Waals surface area contributed by atoms with Crippen LogP contribution < -0.4 is 5.32 Å². The van der Waals surface area contributed by atoms with Crippen molar-refractivity contribution in [2.75, 3.05) is 18.4 Å². The molecule has 1 saturated heterocycles. The third-order valence-electron chi connectivity index (χ3n) is 7.51. The fourth-order valence-electron chi connectivity index (χ4n) is 5.82. The molecular formula is C27H28N6O2S. The first kappa shape index (κ1) is 22.7. The molecule has 1 aromatic carbocycles. The van der Waals surface area contributed by atoms with Gasteiger partial charge in [0.05, 0.1) is 22.1 Å². The molecule has 36 heavy (non-hydrogen) atoms. The topological polar surface area (TPSA) is 85.0 Å². The maximum Gasteiger partial charge on any atom is 0.268 e. The lowest BCUT2D eigenvalue weighted by molar-refractivity contribution is -0.125. The van der Waals surface area contributed by atoms with E-state index in [1.165, 1.54) is 17.4 Å². The average molecular weight is 501 g/mol. The molecule has 2 amide bonds.